The van der Waals surface area contributed by atoms with Gasteiger partial charge in [-0.15, -0.1) is 0 Å². The molecule has 0 bridgehead atoms. The lowest BCUT2D eigenvalue weighted by atomic mass is 9.97. The fourth-order valence-electron chi connectivity index (χ4n) is 3.55. The first-order valence-corrected chi connectivity index (χ1v) is 8.26. The molecule has 0 aliphatic heterocycles. The predicted molar refractivity (Wildman–Crippen MR) is 99.6 cm³/mol. The van der Waals surface area contributed by atoms with Gasteiger partial charge in [0.05, 0.1) is 11.0 Å². The molecule has 1 heteroatoms. The lowest BCUT2D eigenvalue weighted by molar-refractivity contribution is 0.877. The highest BCUT2D eigenvalue weighted by atomic mass is 15.0. The maximum absolute atomic E-state index is 2.38. The van der Waals surface area contributed by atoms with E-state index in [1.807, 2.05) is 0 Å². The van der Waals surface area contributed by atoms with Crippen LogP contribution < -0.4 is 0 Å². The summed E-state index contributed by atoms with van der Waals surface area (Å²) in [5, 5.41) is 2.75. The standard InChI is InChI=1S/C22H21N/c1-15(2)18-10-7-11-21-22(18)19-14-16(3)12-13-20(19)23(21)17-8-5-4-6-9-17/h4-15H,1-3H3. The molecule has 23 heavy (non-hydrogen) atoms. The fraction of sp³-hybridized carbons (Fsp3) is 0.182. The molecule has 0 unspecified atom stereocenters. The molecular weight excluding hydrogens is 278 g/mol. The Bertz CT molecular complexity index is 991. The maximum atomic E-state index is 2.38. The summed E-state index contributed by atoms with van der Waals surface area (Å²) in [6, 6.07) is 24.1. The largest absolute Gasteiger partial charge is 0.309 e. The Balaban J connectivity index is 2.23. The van der Waals surface area contributed by atoms with E-state index < -0.39 is 0 Å². The highest BCUT2D eigenvalue weighted by Gasteiger charge is 2.16. The molecule has 4 aromatic rings. The van der Waals surface area contributed by atoms with Crippen LogP contribution in [0.2, 0.25) is 0 Å². The van der Waals surface area contributed by atoms with Gasteiger partial charge in [-0.3, -0.25) is 0 Å². The normalized spacial score (nSPS) is 11.7. The Morgan fingerprint density at radius 2 is 1.57 bits per heavy atom. The zero-order valence-corrected chi connectivity index (χ0v) is 13.9. The van der Waals surface area contributed by atoms with Gasteiger partial charge in [-0.05, 0) is 48.7 Å². The van der Waals surface area contributed by atoms with Crippen molar-refractivity contribution < 1.29 is 0 Å². The second-order valence-electron chi connectivity index (χ2n) is 6.59. The molecule has 0 atom stereocenters. The molecule has 1 aromatic heterocycles. The van der Waals surface area contributed by atoms with Crippen LogP contribution in [0.4, 0.5) is 0 Å². The van der Waals surface area contributed by atoms with Crippen LogP contribution in [0.1, 0.15) is 30.9 Å². The van der Waals surface area contributed by atoms with Crippen molar-refractivity contribution in [2.75, 3.05) is 0 Å². The molecule has 1 heterocycles. The van der Waals surface area contributed by atoms with E-state index in [0.29, 0.717) is 5.92 Å². The van der Waals surface area contributed by atoms with Gasteiger partial charge in [-0.2, -0.15) is 0 Å². The smallest absolute Gasteiger partial charge is 0.0543 e. The quantitative estimate of drug-likeness (QED) is 0.414. The van der Waals surface area contributed by atoms with Crippen molar-refractivity contribution in [1.82, 2.24) is 4.57 Å². The van der Waals surface area contributed by atoms with Gasteiger partial charge >= 0.3 is 0 Å². The number of hydrogen-bond acceptors (Lipinski definition) is 0. The molecule has 0 saturated carbocycles. The highest BCUT2D eigenvalue weighted by Crippen LogP contribution is 2.36. The minimum Gasteiger partial charge on any atom is -0.309 e. The van der Waals surface area contributed by atoms with Crippen LogP contribution >= 0.6 is 0 Å². The third-order valence-electron chi connectivity index (χ3n) is 4.61. The lowest BCUT2D eigenvalue weighted by Gasteiger charge is -2.09. The van der Waals surface area contributed by atoms with E-state index in [1.165, 1.54) is 38.6 Å². The number of nitrogens with zero attached hydrogens (tertiary/aromatic N) is 1. The monoisotopic (exact) mass is 299 g/mol. The molecule has 4 rings (SSSR count). The minimum atomic E-state index is 0.508. The first kappa shape index (κ1) is 14.1. The van der Waals surface area contributed by atoms with Crippen molar-refractivity contribution in [1.29, 1.82) is 0 Å². The van der Waals surface area contributed by atoms with Crippen LogP contribution in [0.25, 0.3) is 27.5 Å². The summed E-state index contributed by atoms with van der Waals surface area (Å²) >= 11 is 0. The van der Waals surface area contributed by atoms with Gasteiger partial charge in [0.15, 0.2) is 0 Å². The second kappa shape index (κ2) is 5.27. The van der Waals surface area contributed by atoms with Crippen LogP contribution in [0.15, 0.2) is 66.7 Å². The zero-order valence-electron chi connectivity index (χ0n) is 13.9. The molecule has 0 fully saturated rings. The second-order valence-corrected chi connectivity index (χ2v) is 6.59. The van der Waals surface area contributed by atoms with Crippen LogP contribution in [0, 0.1) is 6.92 Å². The van der Waals surface area contributed by atoms with Gasteiger partial charge in [-0.25, -0.2) is 0 Å². The van der Waals surface area contributed by atoms with Gasteiger partial charge in [0.1, 0.15) is 0 Å². The van der Waals surface area contributed by atoms with E-state index in [0.717, 1.165) is 0 Å². The first-order valence-electron chi connectivity index (χ1n) is 8.26. The van der Waals surface area contributed by atoms with Gasteiger partial charge in [0, 0.05) is 16.5 Å². The van der Waals surface area contributed by atoms with E-state index in [4.69, 9.17) is 0 Å². The fourth-order valence-corrected chi connectivity index (χ4v) is 3.55. The summed E-state index contributed by atoms with van der Waals surface area (Å²) in [7, 11) is 0. The lowest BCUT2D eigenvalue weighted by Crippen LogP contribution is -1.94. The SMILES string of the molecule is Cc1ccc2c(c1)c1c(C(C)C)cccc1n2-c1ccccc1. The summed E-state index contributed by atoms with van der Waals surface area (Å²) in [5.41, 5.74) is 6.53. The Hall–Kier alpha value is -2.54. The van der Waals surface area contributed by atoms with Crippen molar-refractivity contribution in [3.8, 4) is 5.69 Å². The Kier molecular flexibility index (Phi) is 3.23. The molecule has 3 aromatic carbocycles. The number of fused-ring (bicyclic) bond motifs is 3. The van der Waals surface area contributed by atoms with Crippen molar-refractivity contribution in [3.05, 3.63) is 77.9 Å². The van der Waals surface area contributed by atoms with Gasteiger partial charge in [0.2, 0.25) is 0 Å². The van der Waals surface area contributed by atoms with E-state index in [-0.39, 0.29) is 0 Å². The average Bonchev–Trinajstić information content (AvgIpc) is 2.89. The third kappa shape index (κ3) is 2.16. The maximum Gasteiger partial charge on any atom is 0.0543 e. The Labute approximate surface area is 137 Å². The Morgan fingerprint density at radius 1 is 0.783 bits per heavy atom. The topological polar surface area (TPSA) is 4.93 Å². The number of benzene rings is 3. The van der Waals surface area contributed by atoms with Crippen molar-refractivity contribution in [3.63, 3.8) is 0 Å². The van der Waals surface area contributed by atoms with E-state index in [9.17, 15) is 0 Å². The van der Waals surface area contributed by atoms with Crippen LogP contribution in [-0.4, -0.2) is 4.57 Å². The molecular formula is C22H21N. The first-order chi connectivity index (χ1) is 11.2. The van der Waals surface area contributed by atoms with Gasteiger partial charge in [-0.1, -0.05) is 55.8 Å². The number of aromatic nitrogens is 1. The van der Waals surface area contributed by atoms with Crippen molar-refractivity contribution in [2.45, 2.75) is 26.7 Å². The van der Waals surface area contributed by atoms with Gasteiger partial charge < -0.3 is 4.57 Å². The molecule has 0 spiro atoms. The van der Waals surface area contributed by atoms with E-state index in [1.54, 1.807) is 0 Å². The van der Waals surface area contributed by atoms with Crippen molar-refractivity contribution in [2.24, 2.45) is 0 Å². The van der Waals surface area contributed by atoms with Crippen LogP contribution in [0.3, 0.4) is 0 Å². The van der Waals surface area contributed by atoms with Crippen LogP contribution in [0.5, 0.6) is 0 Å². The average molecular weight is 299 g/mol. The van der Waals surface area contributed by atoms with Gasteiger partial charge in [0.25, 0.3) is 0 Å². The molecule has 0 aliphatic carbocycles. The molecule has 0 N–H and O–H groups in total. The summed E-state index contributed by atoms with van der Waals surface area (Å²) in [4.78, 5) is 0. The van der Waals surface area contributed by atoms with Crippen LogP contribution in [-0.2, 0) is 0 Å². The summed E-state index contributed by atoms with van der Waals surface area (Å²) in [5.74, 6) is 0.508. The molecule has 0 aliphatic rings. The predicted octanol–water partition coefficient (Wildman–Crippen LogP) is 6.22. The third-order valence-corrected chi connectivity index (χ3v) is 4.61. The summed E-state index contributed by atoms with van der Waals surface area (Å²) < 4.78 is 2.38. The molecule has 114 valence electrons. The Morgan fingerprint density at radius 3 is 2.30 bits per heavy atom. The van der Waals surface area contributed by atoms with E-state index >= 15 is 0 Å². The summed E-state index contributed by atoms with van der Waals surface area (Å²) in [6.45, 7) is 6.72. The molecule has 0 radical (unpaired) electrons. The summed E-state index contributed by atoms with van der Waals surface area (Å²) in [6.07, 6.45) is 0. The number of para-hydroxylation sites is 1. The number of hydrogen-bond donors (Lipinski definition) is 0. The molecule has 1 nitrogen and oxygen atoms in total. The number of rotatable bonds is 2. The van der Waals surface area contributed by atoms with Crippen molar-refractivity contribution >= 4 is 21.8 Å². The molecule has 0 saturated heterocycles. The highest BCUT2D eigenvalue weighted by molar-refractivity contribution is 6.11. The number of aryl methyl sites for hydroxylation is 1. The molecule has 0 amide bonds. The minimum absolute atomic E-state index is 0.508. The zero-order chi connectivity index (χ0) is 16.0. The van der Waals surface area contributed by atoms with E-state index in [2.05, 4.69) is 92.1 Å².